The van der Waals surface area contributed by atoms with E-state index in [0.29, 0.717) is 19.6 Å². The van der Waals surface area contributed by atoms with Crippen LogP contribution in [-0.4, -0.2) is 37.1 Å². The highest BCUT2D eigenvalue weighted by molar-refractivity contribution is 5.83. The molecule has 2 rings (SSSR count). The molecule has 0 fully saturated rings. The second-order valence-corrected chi connectivity index (χ2v) is 4.65. The summed E-state index contributed by atoms with van der Waals surface area (Å²) in [4.78, 5) is 14.1. The molecule has 0 saturated heterocycles. The predicted molar refractivity (Wildman–Crippen MR) is 74.5 cm³/mol. The van der Waals surface area contributed by atoms with Gasteiger partial charge in [-0.15, -0.1) is 0 Å². The Morgan fingerprint density at radius 1 is 1.37 bits per heavy atom. The van der Waals surface area contributed by atoms with Crippen molar-refractivity contribution in [2.45, 2.75) is 18.5 Å². The summed E-state index contributed by atoms with van der Waals surface area (Å²) in [6.07, 6.45) is 4.63. The molecule has 0 radical (unpaired) electrons. The van der Waals surface area contributed by atoms with Crippen molar-refractivity contribution in [2.75, 3.05) is 20.3 Å². The molecule has 0 aromatic heterocycles. The average Bonchev–Trinajstić information content (AvgIpc) is 2.58. The quantitative estimate of drug-likeness (QED) is 0.834. The van der Waals surface area contributed by atoms with E-state index in [1.807, 2.05) is 36.4 Å². The highest BCUT2D eigenvalue weighted by Crippen LogP contribution is 2.25. The molecule has 2 N–H and O–H groups in total. The molecule has 2 atom stereocenters. The second kappa shape index (κ2) is 6.50. The summed E-state index contributed by atoms with van der Waals surface area (Å²) >= 11 is 0. The van der Waals surface area contributed by atoms with Crippen molar-refractivity contribution in [2.24, 2.45) is 5.73 Å². The molecule has 1 aromatic carbocycles. The van der Waals surface area contributed by atoms with Gasteiger partial charge < -0.3 is 15.4 Å². The van der Waals surface area contributed by atoms with Crippen molar-refractivity contribution in [3.8, 4) is 0 Å². The molecule has 1 aliphatic rings. The zero-order valence-electron chi connectivity index (χ0n) is 11.2. The van der Waals surface area contributed by atoms with Crippen LogP contribution in [0.2, 0.25) is 0 Å². The third kappa shape index (κ3) is 3.22. The number of benzene rings is 1. The van der Waals surface area contributed by atoms with Crippen molar-refractivity contribution >= 4 is 5.91 Å². The Hall–Kier alpha value is -1.65. The lowest BCUT2D eigenvalue weighted by Gasteiger charge is -2.30. The van der Waals surface area contributed by atoms with Gasteiger partial charge in [-0.2, -0.15) is 0 Å². The highest BCUT2D eigenvalue weighted by Gasteiger charge is 2.28. The lowest BCUT2D eigenvalue weighted by molar-refractivity contribution is -0.134. The maximum absolute atomic E-state index is 12.3. The molecule has 4 heteroatoms. The maximum atomic E-state index is 12.3. The smallest absolute Gasteiger partial charge is 0.240 e. The lowest BCUT2D eigenvalue weighted by atomic mass is 10.1. The first kappa shape index (κ1) is 13.8. The Bertz CT molecular complexity index is 445. The Labute approximate surface area is 113 Å². The number of carbonyl (C=O) groups excluding carboxylic acids is 1. The van der Waals surface area contributed by atoms with Gasteiger partial charge in [-0.1, -0.05) is 42.5 Å². The topological polar surface area (TPSA) is 55.6 Å². The number of hydrogen-bond donors (Lipinski definition) is 1. The fraction of sp³-hybridized carbons (Fsp3) is 0.400. The van der Waals surface area contributed by atoms with Gasteiger partial charge in [0.25, 0.3) is 0 Å². The first-order valence-corrected chi connectivity index (χ1v) is 6.50. The van der Waals surface area contributed by atoms with E-state index in [4.69, 9.17) is 10.5 Å². The Balaban J connectivity index is 2.28. The SMILES string of the molecule is COCCN1C(=O)[C@H](N)CC=C[C@H]1c1ccccc1. The molecule has 0 saturated carbocycles. The van der Waals surface area contributed by atoms with E-state index < -0.39 is 6.04 Å². The molecule has 1 heterocycles. The molecule has 1 aromatic rings. The summed E-state index contributed by atoms with van der Waals surface area (Å²) in [5, 5.41) is 0. The molecule has 0 aliphatic carbocycles. The molecule has 0 unspecified atom stereocenters. The molecule has 0 bridgehead atoms. The number of methoxy groups -OCH3 is 1. The highest BCUT2D eigenvalue weighted by atomic mass is 16.5. The number of rotatable bonds is 4. The number of nitrogens with zero attached hydrogens (tertiary/aromatic N) is 1. The number of hydrogen-bond acceptors (Lipinski definition) is 3. The Morgan fingerprint density at radius 3 is 2.79 bits per heavy atom. The van der Waals surface area contributed by atoms with E-state index in [1.54, 1.807) is 12.0 Å². The molecule has 1 aliphatic heterocycles. The summed E-state index contributed by atoms with van der Waals surface area (Å²) in [5.74, 6) is -0.0177. The zero-order chi connectivity index (χ0) is 13.7. The molecule has 19 heavy (non-hydrogen) atoms. The van der Waals surface area contributed by atoms with Gasteiger partial charge in [0, 0.05) is 13.7 Å². The van der Waals surface area contributed by atoms with Crippen LogP contribution in [0.1, 0.15) is 18.0 Å². The average molecular weight is 260 g/mol. The van der Waals surface area contributed by atoms with Gasteiger partial charge in [-0.05, 0) is 12.0 Å². The van der Waals surface area contributed by atoms with Gasteiger partial charge in [-0.3, -0.25) is 4.79 Å². The fourth-order valence-electron chi connectivity index (χ4n) is 2.29. The summed E-state index contributed by atoms with van der Waals surface area (Å²) < 4.78 is 5.09. The van der Waals surface area contributed by atoms with Gasteiger partial charge in [0.15, 0.2) is 0 Å². The van der Waals surface area contributed by atoms with Crippen molar-refractivity contribution in [3.63, 3.8) is 0 Å². The van der Waals surface area contributed by atoms with Crippen LogP contribution in [-0.2, 0) is 9.53 Å². The largest absolute Gasteiger partial charge is 0.383 e. The molecular weight excluding hydrogens is 240 g/mol. The van der Waals surface area contributed by atoms with Gasteiger partial charge in [0.05, 0.1) is 18.7 Å². The van der Waals surface area contributed by atoms with Crippen molar-refractivity contribution < 1.29 is 9.53 Å². The normalized spacial score (nSPS) is 23.5. The third-order valence-corrected chi connectivity index (χ3v) is 3.32. The predicted octanol–water partition coefficient (Wildman–Crippen LogP) is 1.49. The number of amides is 1. The van der Waals surface area contributed by atoms with Crippen LogP contribution < -0.4 is 5.73 Å². The van der Waals surface area contributed by atoms with Crippen molar-refractivity contribution in [1.29, 1.82) is 0 Å². The first-order valence-electron chi connectivity index (χ1n) is 6.50. The Kier molecular flexibility index (Phi) is 4.71. The van der Waals surface area contributed by atoms with E-state index in [9.17, 15) is 4.79 Å². The molecular formula is C15H20N2O2. The number of nitrogens with two attached hydrogens (primary N) is 1. The minimum absolute atomic E-state index is 0.0177. The van der Waals surface area contributed by atoms with Crippen LogP contribution >= 0.6 is 0 Å². The Morgan fingerprint density at radius 2 is 2.11 bits per heavy atom. The van der Waals surface area contributed by atoms with Crippen LogP contribution in [0.3, 0.4) is 0 Å². The summed E-state index contributed by atoms with van der Waals surface area (Å²) in [5.41, 5.74) is 6.99. The van der Waals surface area contributed by atoms with Gasteiger partial charge >= 0.3 is 0 Å². The zero-order valence-corrected chi connectivity index (χ0v) is 11.2. The van der Waals surface area contributed by atoms with E-state index in [2.05, 4.69) is 6.08 Å². The summed E-state index contributed by atoms with van der Waals surface area (Å²) in [6.45, 7) is 1.06. The first-order chi connectivity index (χ1) is 9.24. The van der Waals surface area contributed by atoms with Crippen molar-refractivity contribution in [3.05, 3.63) is 48.0 Å². The van der Waals surface area contributed by atoms with Crippen LogP contribution in [0.4, 0.5) is 0 Å². The summed E-state index contributed by atoms with van der Waals surface area (Å²) in [7, 11) is 1.63. The second-order valence-electron chi connectivity index (χ2n) is 4.65. The molecule has 1 amide bonds. The van der Waals surface area contributed by atoms with Gasteiger partial charge in [-0.25, -0.2) is 0 Å². The summed E-state index contributed by atoms with van der Waals surface area (Å²) in [6, 6.07) is 9.47. The monoisotopic (exact) mass is 260 g/mol. The van der Waals surface area contributed by atoms with Crippen LogP contribution in [0.25, 0.3) is 0 Å². The minimum atomic E-state index is -0.457. The van der Waals surface area contributed by atoms with Gasteiger partial charge in [0.2, 0.25) is 5.91 Å². The van der Waals surface area contributed by atoms with E-state index in [0.717, 1.165) is 5.56 Å². The fourth-order valence-corrected chi connectivity index (χ4v) is 2.29. The minimum Gasteiger partial charge on any atom is -0.383 e. The third-order valence-electron chi connectivity index (χ3n) is 3.32. The van der Waals surface area contributed by atoms with Crippen LogP contribution in [0.5, 0.6) is 0 Å². The van der Waals surface area contributed by atoms with E-state index in [1.165, 1.54) is 0 Å². The number of ether oxygens (including phenoxy) is 1. The molecule has 4 nitrogen and oxygen atoms in total. The van der Waals surface area contributed by atoms with Crippen LogP contribution in [0.15, 0.2) is 42.5 Å². The lowest BCUT2D eigenvalue weighted by Crippen LogP contribution is -2.45. The molecule has 102 valence electrons. The maximum Gasteiger partial charge on any atom is 0.240 e. The van der Waals surface area contributed by atoms with E-state index in [-0.39, 0.29) is 11.9 Å². The van der Waals surface area contributed by atoms with Crippen molar-refractivity contribution in [1.82, 2.24) is 4.90 Å². The van der Waals surface area contributed by atoms with E-state index >= 15 is 0 Å². The molecule has 0 spiro atoms. The van der Waals surface area contributed by atoms with Crippen LogP contribution in [0, 0.1) is 0 Å². The van der Waals surface area contributed by atoms with Gasteiger partial charge in [0.1, 0.15) is 0 Å². The standard InChI is InChI=1S/C15H20N2O2/c1-19-11-10-17-14(12-6-3-2-4-7-12)9-5-8-13(16)15(17)18/h2-7,9,13-14H,8,10-11,16H2,1H3/t13-,14+/m1/s1. The number of carbonyl (C=O) groups is 1.